The zero-order valence-electron chi connectivity index (χ0n) is 16.6. The zero-order chi connectivity index (χ0) is 20.1. The van der Waals surface area contributed by atoms with Crippen LogP contribution in [-0.2, 0) is 16.6 Å². The number of thioether (sulfide) groups is 1. The predicted octanol–water partition coefficient (Wildman–Crippen LogP) is 2.40. The molecule has 150 valence electrons. The van der Waals surface area contributed by atoms with Crippen molar-refractivity contribution >= 4 is 23.6 Å². The number of benzene rings is 1. The minimum Gasteiger partial charge on any atom is -0.344 e. The van der Waals surface area contributed by atoms with Crippen LogP contribution in [0, 0.1) is 6.92 Å². The number of amides is 2. The Morgan fingerprint density at radius 2 is 1.96 bits per heavy atom. The van der Waals surface area contributed by atoms with Crippen LogP contribution in [0.4, 0.5) is 0 Å². The van der Waals surface area contributed by atoms with Crippen LogP contribution >= 0.6 is 11.8 Å². The van der Waals surface area contributed by atoms with E-state index in [-0.39, 0.29) is 17.6 Å². The number of aromatic nitrogens is 3. The van der Waals surface area contributed by atoms with Crippen LogP contribution < -0.4 is 5.32 Å². The maximum atomic E-state index is 12.4. The molecule has 0 saturated carbocycles. The Labute approximate surface area is 169 Å². The second-order valence-corrected chi connectivity index (χ2v) is 8.14. The highest BCUT2D eigenvalue weighted by molar-refractivity contribution is 7.99. The average Bonchev–Trinajstić information content (AvgIpc) is 3.07. The van der Waals surface area contributed by atoms with Gasteiger partial charge in [-0.1, -0.05) is 35.5 Å². The lowest BCUT2D eigenvalue weighted by Gasteiger charge is -2.29. The van der Waals surface area contributed by atoms with Gasteiger partial charge in [-0.25, -0.2) is 0 Å². The standard InChI is InChI=1S/C20H27N5O2S/c1-14-8-7-9-16(12-14)18-22-23-20(24(18)3)28-13-17(26)21-15(2)19(27)25-10-5-4-6-11-25/h7-9,12,15H,4-6,10-11,13H2,1-3H3,(H,21,26). The molecule has 0 aliphatic carbocycles. The van der Waals surface area contributed by atoms with Crippen molar-refractivity contribution in [2.24, 2.45) is 7.05 Å². The molecule has 1 aromatic heterocycles. The number of hydrogen-bond acceptors (Lipinski definition) is 5. The lowest BCUT2D eigenvalue weighted by atomic mass is 10.1. The monoisotopic (exact) mass is 401 g/mol. The van der Waals surface area contributed by atoms with Gasteiger partial charge in [0, 0.05) is 25.7 Å². The quantitative estimate of drug-likeness (QED) is 0.752. The minimum absolute atomic E-state index is 0.00144. The molecule has 0 bridgehead atoms. The normalized spacial score (nSPS) is 15.3. The topological polar surface area (TPSA) is 80.1 Å². The molecule has 1 atom stereocenters. The number of carbonyl (C=O) groups excluding carboxylic acids is 2. The fraction of sp³-hybridized carbons (Fsp3) is 0.500. The fourth-order valence-electron chi connectivity index (χ4n) is 3.34. The molecule has 2 heterocycles. The number of likely N-dealkylation sites (tertiary alicyclic amines) is 1. The summed E-state index contributed by atoms with van der Waals surface area (Å²) in [5.74, 6) is 0.777. The molecule has 0 radical (unpaired) electrons. The molecular formula is C20H27N5O2S. The summed E-state index contributed by atoms with van der Waals surface area (Å²) in [5, 5.41) is 11.9. The molecule has 1 N–H and O–H groups in total. The van der Waals surface area contributed by atoms with E-state index >= 15 is 0 Å². The van der Waals surface area contributed by atoms with Gasteiger partial charge in [-0.05, 0) is 39.2 Å². The first-order valence-electron chi connectivity index (χ1n) is 9.63. The zero-order valence-corrected chi connectivity index (χ0v) is 17.5. The summed E-state index contributed by atoms with van der Waals surface area (Å²) in [6.45, 7) is 5.35. The van der Waals surface area contributed by atoms with Crippen LogP contribution in [0.1, 0.15) is 31.7 Å². The third-order valence-electron chi connectivity index (χ3n) is 4.86. The first kappa shape index (κ1) is 20.4. The molecule has 2 amide bonds. The van der Waals surface area contributed by atoms with Crippen molar-refractivity contribution in [3.8, 4) is 11.4 Å². The summed E-state index contributed by atoms with van der Waals surface area (Å²) in [5.41, 5.74) is 2.15. The summed E-state index contributed by atoms with van der Waals surface area (Å²) < 4.78 is 1.88. The molecule has 1 unspecified atom stereocenters. The summed E-state index contributed by atoms with van der Waals surface area (Å²) in [6.07, 6.45) is 3.25. The molecule has 7 nitrogen and oxygen atoms in total. The van der Waals surface area contributed by atoms with Crippen molar-refractivity contribution in [1.82, 2.24) is 25.0 Å². The number of aryl methyl sites for hydroxylation is 1. The summed E-state index contributed by atoms with van der Waals surface area (Å²) >= 11 is 1.32. The van der Waals surface area contributed by atoms with Crippen LogP contribution in [0.2, 0.25) is 0 Å². The molecule has 0 spiro atoms. The Balaban J connectivity index is 1.54. The van der Waals surface area contributed by atoms with Crippen molar-refractivity contribution in [2.75, 3.05) is 18.8 Å². The molecule has 1 aliphatic rings. The van der Waals surface area contributed by atoms with Gasteiger partial charge in [0.1, 0.15) is 6.04 Å². The lowest BCUT2D eigenvalue weighted by Crippen LogP contribution is -2.48. The molecule has 1 saturated heterocycles. The van der Waals surface area contributed by atoms with E-state index in [1.165, 1.54) is 18.2 Å². The highest BCUT2D eigenvalue weighted by Crippen LogP contribution is 2.23. The Hall–Kier alpha value is -2.35. The van der Waals surface area contributed by atoms with Crippen LogP contribution in [0.3, 0.4) is 0 Å². The largest absolute Gasteiger partial charge is 0.344 e. The Kier molecular flexibility index (Phi) is 6.72. The van der Waals surface area contributed by atoms with Gasteiger partial charge >= 0.3 is 0 Å². The number of piperidine rings is 1. The predicted molar refractivity (Wildman–Crippen MR) is 110 cm³/mol. The number of carbonyl (C=O) groups is 2. The number of nitrogens with one attached hydrogen (secondary N) is 1. The van der Waals surface area contributed by atoms with Gasteiger partial charge < -0.3 is 14.8 Å². The number of hydrogen-bond donors (Lipinski definition) is 1. The van der Waals surface area contributed by atoms with Crippen molar-refractivity contribution < 1.29 is 9.59 Å². The molecule has 2 aromatic rings. The molecule has 8 heteroatoms. The first-order valence-corrected chi connectivity index (χ1v) is 10.6. The molecule has 1 aromatic carbocycles. The Morgan fingerprint density at radius 3 is 2.68 bits per heavy atom. The van der Waals surface area contributed by atoms with E-state index in [0.29, 0.717) is 5.16 Å². The maximum Gasteiger partial charge on any atom is 0.244 e. The van der Waals surface area contributed by atoms with Crippen LogP contribution in [0.15, 0.2) is 29.4 Å². The average molecular weight is 402 g/mol. The first-order chi connectivity index (χ1) is 13.5. The van der Waals surface area contributed by atoms with Gasteiger partial charge in [-0.15, -0.1) is 10.2 Å². The van der Waals surface area contributed by atoms with E-state index in [4.69, 9.17) is 0 Å². The molecule has 28 heavy (non-hydrogen) atoms. The van der Waals surface area contributed by atoms with E-state index in [2.05, 4.69) is 21.6 Å². The minimum atomic E-state index is -0.506. The van der Waals surface area contributed by atoms with Gasteiger partial charge in [0.15, 0.2) is 11.0 Å². The summed E-state index contributed by atoms with van der Waals surface area (Å²) in [7, 11) is 1.89. The SMILES string of the molecule is Cc1cccc(-c2nnc(SCC(=O)NC(C)C(=O)N3CCCCC3)n2C)c1. The van der Waals surface area contributed by atoms with Gasteiger partial charge in [0.05, 0.1) is 5.75 Å². The lowest BCUT2D eigenvalue weighted by molar-refractivity contribution is -0.136. The Bertz CT molecular complexity index is 845. The van der Waals surface area contributed by atoms with E-state index in [0.717, 1.165) is 42.9 Å². The fourth-order valence-corrected chi connectivity index (χ4v) is 4.06. The van der Waals surface area contributed by atoms with E-state index in [1.54, 1.807) is 6.92 Å². The van der Waals surface area contributed by atoms with Crippen molar-refractivity contribution in [1.29, 1.82) is 0 Å². The Morgan fingerprint density at radius 1 is 1.21 bits per heavy atom. The van der Waals surface area contributed by atoms with E-state index in [1.807, 2.05) is 41.6 Å². The van der Waals surface area contributed by atoms with Crippen molar-refractivity contribution in [3.63, 3.8) is 0 Å². The van der Waals surface area contributed by atoms with Crippen molar-refractivity contribution in [3.05, 3.63) is 29.8 Å². The summed E-state index contributed by atoms with van der Waals surface area (Å²) in [6, 6.07) is 7.56. The molecule has 1 aliphatic heterocycles. The van der Waals surface area contributed by atoms with E-state index in [9.17, 15) is 9.59 Å². The van der Waals surface area contributed by atoms with E-state index < -0.39 is 6.04 Å². The molecule has 1 fully saturated rings. The van der Waals surface area contributed by atoms with Gasteiger partial charge in [-0.2, -0.15) is 0 Å². The van der Waals surface area contributed by atoms with Crippen molar-refractivity contribution in [2.45, 2.75) is 44.3 Å². The number of nitrogens with zero attached hydrogens (tertiary/aromatic N) is 4. The molecular weight excluding hydrogens is 374 g/mol. The number of rotatable bonds is 6. The third-order valence-corrected chi connectivity index (χ3v) is 5.88. The van der Waals surface area contributed by atoms with Gasteiger partial charge in [-0.3, -0.25) is 9.59 Å². The second kappa shape index (κ2) is 9.23. The molecule has 3 rings (SSSR count). The maximum absolute atomic E-state index is 12.4. The summed E-state index contributed by atoms with van der Waals surface area (Å²) in [4.78, 5) is 26.6. The third kappa shape index (κ3) is 4.92. The highest BCUT2D eigenvalue weighted by Gasteiger charge is 2.23. The van der Waals surface area contributed by atoms with Gasteiger partial charge in [0.2, 0.25) is 11.8 Å². The highest BCUT2D eigenvalue weighted by atomic mass is 32.2. The smallest absolute Gasteiger partial charge is 0.244 e. The van der Waals surface area contributed by atoms with Crippen LogP contribution in [0.25, 0.3) is 11.4 Å². The second-order valence-electron chi connectivity index (χ2n) is 7.20. The van der Waals surface area contributed by atoms with Gasteiger partial charge in [0.25, 0.3) is 0 Å². The van der Waals surface area contributed by atoms with Crippen LogP contribution in [0.5, 0.6) is 0 Å². The van der Waals surface area contributed by atoms with Crippen LogP contribution in [-0.4, -0.2) is 56.4 Å².